The molecule has 8 heteroatoms. The lowest BCUT2D eigenvalue weighted by Crippen LogP contribution is -2.16. The second-order valence-electron chi connectivity index (χ2n) is 6.36. The summed E-state index contributed by atoms with van der Waals surface area (Å²) in [6.45, 7) is 4.07. The summed E-state index contributed by atoms with van der Waals surface area (Å²) < 4.78 is 17.8. The lowest BCUT2D eigenvalue weighted by Gasteiger charge is -2.17. The molecular formula is C21H20ClIN2O4. The number of benzene rings is 2. The average molecular weight is 527 g/mol. The van der Waals surface area contributed by atoms with Gasteiger partial charge in [-0.15, -0.1) is 0 Å². The van der Waals surface area contributed by atoms with E-state index in [0.29, 0.717) is 22.1 Å². The van der Waals surface area contributed by atoms with Gasteiger partial charge in [0.1, 0.15) is 5.58 Å². The zero-order chi connectivity index (χ0) is 21.0. The lowest BCUT2D eigenvalue weighted by molar-refractivity contribution is 0.0929. The first kappa shape index (κ1) is 21.4. The molecule has 0 aliphatic rings. The summed E-state index contributed by atoms with van der Waals surface area (Å²) in [5, 5.41) is 5.35. The highest BCUT2D eigenvalue weighted by Crippen LogP contribution is 2.34. The number of hydrazone groups is 1. The Morgan fingerprint density at radius 1 is 1.34 bits per heavy atom. The molecule has 0 saturated heterocycles. The molecule has 29 heavy (non-hydrogen) atoms. The number of carbonyl (C=O) groups is 1. The fraction of sp³-hybridized carbons (Fsp3) is 0.238. The third-order valence-electron chi connectivity index (χ3n) is 4.23. The van der Waals surface area contributed by atoms with E-state index in [1.807, 2.05) is 13.0 Å². The van der Waals surface area contributed by atoms with Crippen molar-refractivity contribution in [1.82, 2.24) is 5.43 Å². The molecule has 1 heterocycles. The Morgan fingerprint density at radius 3 is 2.86 bits per heavy atom. The quantitative estimate of drug-likeness (QED) is 0.246. The first-order chi connectivity index (χ1) is 13.9. The summed E-state index contributed by atoms with van der Waals surface area (Å²) in [6.07, 6.45) is 2.51. The van der Waals surface area contributed by atoms with E-state index in [1.54, 1.807) is 37.4 Å². The summed E-state index contributed by atoms with van der Waals surface area (Å²) in [5.41, 5.74) is 3.81. The molecule has 1 aromatic heterocycles. The number of carbonyl (C=O) groups excluding carboxylic acids is 1. The molecule has 0 aliphatic carbocycles. The van der Waals surface area contributed by atoms with E-state index in [1.165, 1.54) is 6.21 Å². The van der Waals surface area contributed by atoms with Crippen LogP contribution in [0.4, 0.5) is 0 Å². The van der Waals surface area contributed by atoms with Gasteiger partial charge >= 0.3 is 5.91 Å². The number of amides is 1. The minimum atomic E-state index is -0.452. The Hall–Kier alpha value is -2.26. The predicted octanol–water partition coefficient (Wildman–Crippen LogP) is 5.64. The lowest BCUT2D eigenvalue weighted by atomic mass is 10.2. The predicted molar refractivity (Wildman–Crippen MR) is 122 cm³/mol. The van der Waals surface area contributed by atoms with Gasteiger partial charge in [-0.05, 0) is 77.9 Å². The minimum absolute atomic E-state index is 0.0786. The van der Waals surface area contributed by atoms with Crippen molar-refractivity contribution < 1.29 is 18.7 Å². The molecule has 1 atom stereocenters. The van der Waals surface area contributed by atoms with Gasteiger partial charge in [-0.25, -0.2) is 5.43 Å². The zero-order valence-corrected chi connectivity index (χ0v) is 19.1. The summed E-state index contributed by atoms with van der Waals surface area (Å²) in [6, 6.07) is 10.5. The molecule has 2 aromatic carbocycles. The number of hydrogen-bond donors (Lipinski definition) is 1. The van der Waals surface area contributed by atoms with Crippen molar-refractivity contribution in [3.8, 4) is 11.5 Å². The van der Waals surface area contributed by atoms with E-state index in [2.05, 4.69) is 40.0 Å². The highest BCUT2D eigenvalue weighted by atomic mass is 127. The molecule has 0 fully saturated rings. The summed E-state index contributed by atoms with van der Waals surface area (Å²) in [4.78, 5) is 12.3. The summed E-state index contributed by atoms with van der Waals surface area (Å²) in [5.74, 6) is 1.01. The van der Waals surface area contributed by atoms with E-state index in [0.717, 1.165) is 20.9 Å². The Bertz CT molecular complexity index is 1060. The number of furan rings is 1. The fourth-order valence-corrected chi connectivity index (χ4v) is 3.49. The molecule has 0 bridgehead atoms. The van der Waals surface area contributed by atoms with Crippen LogP contribution in [0, 0.1) is 3.57 Å². The van der Waals surface area contributed by atoms with E-state index in [9.17, 15) is 4.79 Å². The maximum Gasteiger partial charge on any atom is 0.307 e. The minimum Gasteiger partial charge on any atom is -0.493 e. The van der Waals surface area contributed by atoms with Crippen LogP contribution in [0.5, 0.6) is 11.5 Å². The normalized spacial score (nSPS) is 12.3. The third-order valence-corrected chi connectivity index (χ3v) is 5.26. The maximum atomic E-state index is 12.3. The summed E-state index contributed by atoms with van der Waals surface area (Å²) >= 11 is 8.15. The molecule has 152 valence electrons. The van der Waals surface area contributed by atoms with Gasteiger partial charge in [0.05, 0.1) is 23.0 Å². The monoisotopic (exact) mass is 526 g/mol. The molecule has 0 spiro atoms. The highest BCUT2D eigenvalue weighted by Gasteiger charge is 2.14. The van der Waals surface area contributed by atoms with Gasteiger partial charge in [0, 0.05) is 10.4 Å². The van der Waals surface area contributed by atoms with Crippen LogP contribution in [0.1, 0.15) is 36.4 Å². The Kier molecular flexibility index (Phi) is 7.02. The van der Waals surface area contributed by atoms with Crippen LogP contribution in [0.3, 0.4) is 0 Å². The molecule has 0 radical (unpaired) electrons. The number of nitrogens with one attached hydrogen (secondary N) is 1. The molecule has 0 aliphatic heterocycles. The van der Waals surface area contributed by atoms with E-state index in [4.69, 9.17) is 25.5 Å². The molecular weight excluding hydrogens is 507 g/mol. The number of ether oxygens (including phenoxy) is 2. The van der Waals surface area contributed by atoms with Gasteiger partial charge in [0.2, 0.25) is 0 Å². The van der Waals surface area contributed by atoms with Crippen molar-refractivity contribution in [1.29, 1.82) is 0 Å². The smallest absolute Gasteiger partial charge is 0.307 e. The fourth-order valence-electron chi connectivity index (χ4n) is 2.56. The van der Waals surface area contributed by atoms with Crippen molar-refractivity contribution in [3.63, 3.8) is 0 Å². The van der Waals surface area contributed by atoms with Crippen LogP contribution in [0.15, 0.2) is 45.9 Å². The molecule has 0 unspecified atom stereocenters. The van der Waals surface area contributed by atoms with E-state index in [-0.39, 0.29) is 11.9 Å². The number of nitrogens with zero attached hydrogens (tertiary/aromatic N) is 1. The molecule has 3 aromatic rings. The van der Waals surface area contributed by atoms with Gasteiger partial charge in [-0.3, -0.25) is 4.79 Å². The molecule has 6 nitrogen and oxygen atoms in total. The summed E-state index contributed by atoms with van der Waals surface area (Å²) in [7, 11) is 1.59. The van der Waals surface area contributed by atoms with Crippen molar-refractivity contribution in [3.05, 3.63) is 56.3 Å². The topological polar surface area (TPSA) is 73.1 Å². The number of hydrogen-bond acceptors (Lipinski definition) is 5. The molecule has 0 saturated carbocycles. The SMILES string of the molecule is CC[C@H](C)Oc1c(I)cc(/C=N/NC(=O)c2cc3cc(Cl)ccc3o2)cc1OC. The van der Waals surface area contributed by atoms with Crippen molar-refractivity contribution in [2.24, 2.45) is 5.10 Å². The third kappa shape index (κ3) is 5.22. The van der Waals surface area contributed by atoms with E-state index >= 15 is 0 Å². The standard InChI is InChI=1S/C21H20ClIN2O4/c1-4-12(2)28-20-16(23)7-13(8-18(20)27-3)11-24-25-21(26)19-10-14-9-15(22)5-6-17(14)29-19/h5-12H,4H2,1-3H3,(H,25,26)/b24-11+/t12-/m0/s1. The molecule has 1 N–H and O–H groups in total. The van der Waals surface area contributed by atoms with Crippen molar-refractivity contribution >= 4 is 57.3 Å². The number of rotatable bonds is 7. The van der Waals surface area contributed by atoms with E-state index < -0.39 is 5.91 Å². The second-order valence-corrected chi connectivity index (χ2v) is 7.96. The Balaban J connectivity index is 1.73. The maximum absolute atomic E-state index is 12.3. The molecule has 3 rings (SSSR count). The van der Waals surface area contributed by atoms with Crippen LogP contribution in [0.2, 0.25) is 5.02 Å². The number of halogens is 2. The number of methoxy groups -OCH3 is 1. The zero-order valence-electron chi connectivity index (χ0n) is 16.2. The van der Waals surface area contributed by atoms with Crippen LogP contribution >= 0.6 is 34.2 Å². The Morgan fingerprint density at radius 2 is 2.14 bits per heavy atom. The van der Waals surface area contributed by atoms with Gasteiger partial charge in [0.25, 0.3) is 0 Å². The average Bonchev–Trinajstić information content (AvgIpc) is 3.12. The van der Waals surface area contributed by atoms with Crippen molar-refractivity contribution in [2.45, 2.75) is 26.4 Å². The second kappa shape index (κ2) is 9.49. The molecule has 1 amide bonds. The van der Waals surface area contributed by atoms with Gasteiger partial charge in [-0.2, -0.15) is 5.10 Å². The highest BCUT2D eigenvalue weighted by molar-refractivity contribution is 14.1. The van der Waals surface area contributed by atoms with Gasteiger partial charge in [-0.1, -0.05) is 18.5 Å². The number of fused-ring (bicyclic) bond motifs is 1. The van der Waals surface area contributed by atoms with Crippen molar-refractivity contribution in [2.75, 3.05) is 7.11 Å². The van der Waals surface area contributed by atoms with Gasteiger partial charge in [0.15, 0.2) is 17.3 Å². The Labute approximate surface area is 187 Å². The first-order valence-electron chi connectivity index (χ1n) is 8.98. The van der Waals surface area contributed by atoms with Crippen LogP contribution in [-0.2, 0) is 0 Å². The van der Waals surface area contributed by atoms with Gasteiger partial charge < -0.3 is 13.9 Å². The van der Waals surface area contributed by atoms with Crippen LogP contribution < -0.4 is 14.9 Å². The first-order valence-corrected chi connectivity index (χ1v) is 10.4. The van der Waals surface area contributed by atoms with Crippen LogP contribution in [0.25, 0.3) is 11.0 Å². The largest absolute Gasteiger partial charge is 0.493 e. The van der Waals surface area contributed by atoms with Crippen LogP contribution in [-0.4, -0.2) is 25.3 Å².